The van der Waals surface area contributed by atoms with Crippen LogP contribution < -0.4 is 28.1 Å². The number of benzene rings is 5. The van der Waals surface area contributed by atoms with Crippen LogP contribution in [0.4, 0.5) is 0 Å². The molecule has 2 aliphatic carbocycles. The molecule has 0 heterocycles. The Labute approximate surface area is 282 Å². The Hall–Kier alpha value is -3.09. The van der Waals surface area contributed by atoms with E-state index in [2.05, 4.69) is 155 Å². The molecule has 3 heteroatoms. The molecule has 2 aliphatic rings. The normalized spacial score (nSPS) is 14.4. The van der Waals surface area contributed by atoms with E-state index < -0.39 is 21.3 Å². The zero-order valence-corrected chi connectivity index (χ0v) is 29.6. The summed E-state index contributed by atoms with van der Waals surface area (Å²) in [7, 11) is 0. The van der Waals surface area contributed by atoms with Gasteiger partial charge in [0, 0.05) is 0 Å². The summed E-state index contributed by atoms with van der Waals surface area (Å²) in [6, 6.07) is 45.9. The number of hydrogen-bond donors (Lipinski definition) is 0. The summed E-state index contributed by atoms with van der Waals surface area (Å²) >= 11 is -2.82. The average molecular weight is 691 g/mol. The van der Waals surface area contributed by atoms with Crippen LogP contribution in [-0.4, -0.2) is 3.21 Å². The second kappa shape index (κ2) is 13.5. The molecule has 218 valence electrons. The van der Waals surface area contributed by atoms with Gasteiger partial charge in [-0.05, 0) is 0 Å². The molecule has 0 bridgehead atoms. The van der Waals surface area contributed by atoms with Gasteiger partial charge in [-0.3, -0.25) is 0 Å². The number of aryl methyl sites for hydroxylation is 2. The second-order valence-electron chi connectivity index (χ2n) is 11.9. The van der Waals surface area contributed by atoms with E-state index in [-0.39, 0.29) is 24.8 Å². The van der Waals surface area contributed by atoms with Gasteiger partial charge in [0.25, 0.3) is 0 Å². The molecule has 0 N–H and O–H groups in total. The van der Waals surface area contributed by atoms with E-state index in [0.717, 1.165) is 6.42 Å². The molecule has 0 saturated heterocycles. The molecule has 1 atom stereocenters. The fraction of sp³-hybridized carbons (Fsp3) is 0.146. The van der Waals surface area contributed by atoms with Crippen LogP contribution in [-0.2, 0) is 27.7 Å². The molecule has 0 aromatic heterocycles. The van der Waals surface area contributed by atoms with Crippen molar-refractivity contribution in [3.63, 3.8) is 0 Å². The third-order valence-corrected chi connectivity index (χ3v) is 17.6. The van der Waals surface area contributed by atoms with Crippen molar-refractivity contribution in [1.29, 1.82) is 0 Å². The van der Waals surface area contributed by atoms with Crippen molar-refractivity contribution in [1.82, 2.24) is 0 Å². The summed E-state index contributed by atoms with van der Waals surface area (Å²) in [6.45, 7) is 9.23. The third kappa shape index (κ3) is 5.83. The van der Waals surface area contributed by atoms with Crippen molar-refractivity contribution in [2.45, 2.75) is 34.1 Å². The SMILES string of the molecule is CC1=[C]([Zr+2](=[C](c2ccc(C)cc2)c2ccc(C)cc2)[c]2cccc3c2Cc2ccccc2-3)C(C)C=C1c1ccccc1.[Cl-].[Cl-]. The summed E-state index contributed by atoms with van der Waals surface area (Å²) in [5.41, 5.74) is 15.5. The number of fused-ring (bicyclic) bond motifs is 3. The molecule has 5 aromatic rings. The number of hydrogen-bond acceptors (Lipinski definition) is 0. The van der Waals surface area contributed by atoms with Gasteiger partial charge >= 0.3 is 260 Å². The largest absolute Gasteiger partial charge is 1.00 e. The van der Waals surface area contributed by atoms with E-state index in [1.165, 1.54) is 55.7 Å². The molecular weight excluding hydrogens is 655 g/mol. The molecule has 0 nitrogen and oxygen atoms in total. The fourth-order valence-electron chi connectivity index (χ4n) is 6.99. The first-order valence-electron chi connectivity index (χ1n) is 15.1. The Bertz CT molecular complexity index is 1860. The smallest absolute Gasteiger partial charge is 1.00 e. The maximum Gasteiger partial charge on any atom is -1.00 e. The van der Waals surface area contributed by atoms with Gasteiger partial charge in [-0.2, -0.15) is 0 Å². The Morgan fingerprint density at radius 2 is 1.18 bits per heavy atom. The molecule has 0 saturated carbocycles. The molecule has 0 spiro atoms. The second-order valence-corrected chi connectivity index (χ2v) is 17.6. The number of allylic oxidation sites excluding steroid dienone is 4. The predicted octanol–water partition coefficient (Wildman–Crippen LogP) is 3.40. The van der Waals surface area contributed by atoms with Crippen molar-refractivity contribution in [3.05, 3.63) is 175 Å². The molecule has 0 amide bonds. The summed E-state index contributed by atoms with van der Waals surface area (Å²) < 4.78 is 4.92. The maximum atomic E-state index is 2.54. The van der Waals surface area contributed by atoms with Crippen molar-refractivity contribution in [3.8, 4) is 11.1 Å². The Morgan fingerprint density at radius 1 is 0.614 bits per heavy atom. The number of rotatable bonds is 5. The van der Waals surface area contributed by atoms with Crippen LogP contribution in [0.2, 0.25) is 0 Å². The minimum Gasteiger partial charge on any atom is -1.00 e. The zero-order valence-electron chi connectivity index (χ0n) is 25.7. The molecule has 0 radical (unpaired) electrons. The van der Waals surface area contributed by atoms with Gasteiger partial charge in [-0.1, -0.05) is 0 Å². The minimum atomic E-state index is -2.82. The van der Waals surface area contributed by atoms with Gasteiger partial charge in [0.05, 0.1) is 0 Å². The first kappa shape index (κ1) is 32.3. The standard InChI is InChI=1S/C15H14.C13H9.C13H13.2ClH.Zr/c1-12-3-7-14(8-4-12)11-15-9-5-13(2)6-10-15;1-3-7-12-10(5-1)9-11-6-2-4-8-13(11)12;1-10-8-11(2)13(9-10)12-6-4-3-5-7-12;;;/h3-10H,1-2H3;1-5,7-8H,9H2;3-7,9-10H,1-2H3;2*1H;/q;;;;;+2/p-2. The van der Waals surface area contributed by atoms with E-state index in [4.69, 9.17) is 0 Å². The zero-order chi connectivity index (χ0) is 28.8. The van der Waals surface area contributed by atoms with Crippen LogP contribution in [0.3, 0.4) is 0 Å². The maximum absolute atomic E-state index is 2.82. The topological polar surface area (TPSA) is 0 Å². The van der Waals surface area contributed by atoms with Gasteiger partial charge in [0.1, 0.15) is 0 Å². The summed E-state index contributed by atoms with van der Waals surface area (Å²) in [5, 5.41) is 0. The van der Waals surface area contributed by atoms with Gasteiger partial charge in [-0.25, -0.2) is 0 Å². The first-order valence-corrected chi connectivity index (χ1v) is 18.8. The van der Waals surface area contributed by atoms with Gasteiger partial charge in [0.2, 0.25) is 0 Å². The van der Waals surface area contributed by atoms with Crippen molar-refractivity contribution >= 4 is 12.1 Å². The van der Waals surface area contributed by atoms with Crippen LogP contribution in [0.25, 0.3) is 16.7 Å². The molecule has 0 aliphatic heterocycles. The predicted molar refractivity (Wildman–Crippen MR) is 176 cm³/mol. The van der Waals surface area contributed by atoms with Crippen LogP contribution >= 0.6 is 0 Å². The molecule has 0 fully saturated rings. The Morgan fingerprint density at radius 3 is 1.82 bits per heavy atom. The average Bonchev–Trinajstić information content (AvgIpc) is 3.54. The number of halogens is 2. The molecule has 5 aromatic carbocycles. The van der Waals surface area contributed by atoms with E-state index in [1.54, 1.807) is 15.3 Å². The fourth-order valence-corrected chi connectivity index (χ4v) is 15.8. The van der Waals surface area contributed by atoms with Gasteiger partial charge in [-0.15, -0.1) is 0 Å². The van der Waals surface area contributed by atoms with Crippen LogP contribution in [0.1, 0.15) is 52.8 Å². The van der Waals surface area contributed by atoms with E-state index >= 15 is 0 Å². The Balaban J connectivity index is 0.00000192. The van der Waals surface area contributed by atoms with Crippen LogP contribution in [0, 0.1) is 19.8 Å². The van der Waals surface area contributed by atoms with Crippen molar-refractivity contribution in [2.24, 2.45) is 5.92 Å². The van der Waals surface area contributed by atoms with Crippen LogP contribution in [0.15, 0.2) is 136 Å². The van der Waals surface area contributed by atoms with Crippen molar-refractivity contribution < 1.29 is 46.1 Å². The molecule has 7 rings (SSSR count). The molecule has 1 unspecified atom stereocenters. The summed E-state index contributed by atoms with van der Waals surface area (Å²) in [6.07, 6.45) is 3.57. The van der Waals surface area contributed by atoms with E-state index in [9.17, 15) is 0 Å². The summed E-state index contributed by atoms with van der Waals surface area (Å²) in [4.78, 5) is 0. The third-order valence-electron chi connectivity index (χ3n) is 9.08. The summed E-state index contributed by atoms with van der Waals surface area (Å²) in [5.74, 6) is 0.403. The molecular formula is C41H36Cl2Zr. The first-order chi connectivity index (χ1) is 20.5. The van der Waals surface area contributed by atoms with Gasteiger partial charge in [0.15, 0.2) is 0 Å². The Kier molecular flexibility index (Phi) is 9.91. The minimum absolute atomic E-state index is 0. The van der Waals surface area contributed by atoms with Crippen molar-refractivity contribution in [2.75, 3.05) is 0 Å². The monoisotopic (exact) mass is 688 g/mol. The van der Waals surface area contributed by atoms with E-state index in [1.807, 2.05) is 0 Å². The van der Waals surface area contributed by atoms with Crippen LogP contribution in [0.5, 0.6) is 0 Å². The van der Waals surface area contributed by atoms with E-state index in [0.29, 0.717) is 5.92 Å². The quantitative estimate of drug-likeness (QED) is 0.261. The van der Waals surface area contributed by atoms with Gasteiger partial charge < -0.3 is 24.8 Å². The molecule has 44 heavy (non-hydrogen) atoms.